The summed E-state index contributed by atoms with van der Waals surface area (Å²) in [6.07, 6.45) is -0.431. The molecule has 0 fully saturated rings. The molecule has 110 valence electrons. The topological polar surface area (TPSA) is 147 Å². The molecular formula is C10H12N2O7S. The zero-order valence-electron chi connectivity index (χ0n) is 10.3. The van der Waals surface area contributed by atoms with E-state index >= 15 is 0 Å². The standard InChI is InChI=1S/C10H12N2O7S/c1-6(4-10(14)15)11-20(18,19)7-2-3-9(13)8(5-7)12(16)17/h2-3,5-6,11,13H,4H2,1H3,(H,14,15). The number of phenols is 1. The highest BCUT2D eigenvalue weighted by Crippen LogP contribution is 2.28. The minimum absolute atomic E-state index is 0.431. The largest absolute Gasteiger partial charge is 0.502 e. The Kier molecular flexibility index (Phi) is 4.63. The predicted molar refractivity (Wildman–Crippen MR) is 66.8 cm³/mol. The Morgan fingerprint density at radius 1 is 1.50 bits per heavy atom. The van der Waals surface area contributed by atoms with Crippen LogP contribution < -0.4 is 4.72 Å². The fourth-order valence-corrected chi connectivity index (χ4v) is 2.72. The van der Waals surface area contributed by atoms with Crippen LogP contribution in [0.1, 0.15) is 13.3 Å². The number of nitro benzene ring substituents is 1. The third kappa shape index (κ3) is 3.90. The van der Waals surface area contributed by atoms with Gasteiger partial charge in [-0.05, 0) is 19.1 Å². The minimum Gasteiger partial charge on any atom is -0.502 e. The summed E-state index contributed by atoms with van der Waals surface area (Å²) in [5.41, 5.74) is -0.751. The van der Waals surface area contributed by atoms with Gasteiger partial charge in [0.15, 0.2) is 5.75 Å². The highest BCUT2D eigenvalue weighted by atomic mass is 32.2. The van der Waals surface area contributed by atoms with E-state index in [1.54, 1.807) is 0 Å². The van der Waals surface area contributed by atoms with Crippen molar-refractivity contribution in [2.45, 2.75) is 24.3 Å². The van der Waals surface area contributed by atoms with Gasteiger partial charge in [-0.1, -0.05) is 0 Å². The summed E-state index contributed by atoms with van der Waals surface area (Å²) in [6.45, 7) is 1.35. The van der Waals surface area contributed by atoms with Gasteiger partial charge in [-0.25, -0.2) is 13.1 Å². The van der Waals surface area contributed by atoms with E-state index in [0.29, 0.717) is 6.07 Å². The Hall–Kier alpha value is -2.20. The first-order valence-electron chi connectivity index (χ1n) is 5.35. The predicted octanol–water partition coefficient (Wildman–Crippen LogP) is 0.442. The van der Waals surface area contributed by atoms with E-state index in [4.69, 9.17) is 5.11 Å². The summed E-state index contributed by atoms with van der Waals surface area (Å²) in [5, 5.41) is 28.4. The number of phenolic OH excluding ortho intramolecular Hbond substituents is 1. The van der Waals surface area contributed by atoms with Crippen molar-refractivity contribution >= 4 is 21.7 Å². The molecule has 0 saturated carbocycles. The van der Waals surface area contributed by atoms with Crippen LogP contribution in [0.3, 0.4) is 0 Å². The summed E-state index contributed by atoms with van der Waals surface area (Å²) in [7, 11) is -4.11. The summed E-state index contributed by atoms with van der Waals surface area (Å²) < 4.78 is 25.9. The number of hydrogen-bond acceptors (Lipinski definition) is 6. The molecule has 10 heteroatoms. The number of nitro groups is 1. The average Bonchev–Trinajstić information content (AvgIpc) is 2.26. The van der Waals surface area contributed by atoms with E-state index in [0.717, 1.165) is 12.1 Å². The molecule has 0 aliphatic heterocycles. The molecule has 0 aliphatic carbocycles. The zero-order valence-corrected chi connectivity index (χ0v) is 11.1. The van der Waals surface area contributed by atoms with E-state index in [1.165, 1.54) is 6.92 Å². The van der Waals surface area contributed by atoms with Crippen molar-refractivity contribution in [2.24, 2.45) is 0 Å². The molecule has 0 aliphatic rings. The monoisotopic (exact) mass is 304 g/mol. The van der Waals surface area contributed by atoms with Crippen LogP contribution in [-0.2, 0) is 14.8 Å². The summed E-state index contributed by atoms with van der Waals surface area (Å²) >= 11 is 0. The maximum absolute atomic E-state index is 11.9. The van der Waals surface area contributed by atoms with Gasteiger partial charge in [-0.2, -0.15) is 0 Å². The lowest BCUT2D eigenvalue weighted by Crippen LogP contribution is -2.34. The average molecular weight is 304 g/mol. The molecule has 1 rings (SSSR count). The van der Waals surface area contributed by atoms with E-state index in [-0.39, 0.29) is 0 Å². The summed E-state index contributed by atoms with van der Waals surface area (Å²) in [4.78, 5) is 19.7. The number of carboxylic acid groups (broad SMARTS) is 1. The maximum atomic E-state index is 11.9. The molecule has 3 N–H and O–H groups in total. The number of nitrogens with one attached hydrogen (secondary N) is 1. The van der Waals surface area contributed by atoms with E-state index < -0.39 is 49.7 Å². The Morgan fingerprint density at radius 2 is 2.10 bits per heavy atom. The van der Waals surface area contributed by atoms with Gasteiger partial charge >= 0.3 is 11.7 Å². The molecule has 1 aromatic rings. The fourth-order valence-electron chi connectivity index (χ4n) is 1.45. The number of hydrogen-bond donors (Lipinski definition) is 3. The van der Waals surface area contributed by atoms with Crippen molar-refractivity contribution in [3.8, 4) is 5.75 Å². The SMILES string of the molecule is CC(CC(=O)O)NS(=O)(=O)c1ccc(O)c([N+](=O)[O-])c1. The Balaban J connectivity index is 3.07. The van der Waals surface area contributed by atoms with Gasteiger partial charge in [0.05, 0.1) is 16.2 Å². The van der Waals surface area contributed by atoms with Crippen LogP contribution in [0.2, 0.25) is 0 Å². The van der Waals surface area contributed by atoms with Gasteiger partial charge in [-0.15, -0.1) is 0 Å². The van der Waals surface area contributed by atoms with Gasteiger partial charge in [0.2, 0.25) is 10.0 Å². The number of aliphatic carboxylic acids is 1. The molecule has 0 bridgehead atoms. The van der Waals surface area contributed by atoms with Crippen LogP contribution in [0.25, 0.3) is 0 Å². The quantitative estimate of drug-likeness (QED) is 0.510. The molecule has 1 aromatic carbocycles. The lowest BCUT2D eigenvalue weighted by Gasteiger charge is -2.12. The normalized spacial score (nSPS) is 12.8. The first-order chi connectivity index (χ1) is 9.13. The van der Waals surface area contributed by atoms with Gasteiger partial charge in [-0.3, -0.25) is 14.9 Å². The number of rotatable bonds is 6. The van der Waals surface area contributed by atoms with Crippen LogP contribution in [0, 0.1) is 10.1 Å². The maximum Gasteiger partial charge on any atom is 0.312 e. The third-order valence-corrected chi connectivity index (χ3v) is 3.88. The first kappa shape index (κ1) is 15.9. The number of benzene rings is 1. The molecule has 0 heterocycles. The van der Waals surface area contributed by atoms with E-state index in [9.17, 15) is 28.4 Å². The number of aromatic hydroxyl groups is 1. The Bertz CT molecular complexity index is 641. The smallest absolute Gasteiger partial charge is 0.312 e. The first-order valence-corrected chi connectivity index (χ1v) is 6.83. The van der Waals surface area contributed by atoms with E-state index in [1.807, 2.05) is 0 Å². The van der Waals surface area contributed by atoms with Crippen LogP contribution in [0.15, 0.2) is 23.1 Å². The van der Waals surface area contributed by atoms with Crippen LogP contribution in [-0.4, -0.2) is 35.6 Å². The molecule has 0 saturated heterocycles. The van der Waals surface area contributed by atoms with Gasteiger partial charge in [0.25, 0.3) is 0 Å². The van der Waals surface area contributed by atoms with Crippen LogP contribution in [0.5, 0.6) is 5.75 Å². The summed E-state index contributed by atoms with van der Waals surface area (Å²) in [6, 6.07) is 1.68. The number of sulfonamides is 1. The lowest BCUT2D eigenvalue weighted by atomic mass is 10.3. The minimum atomic E-state index is -4.11. The molecule has 0 spiro atoms. The molecule has 9 nitrogen and oxygen atoms in total. The van der Waals surface area contributed by atoms with Crippen molar-refractivity contribution in [2.75, 3.05) is 0 Å². The van der Waals surface area contributed by atoms with Crippen molar-refractivity contribution < 1.29 is 28.3 Å². The fraction of sp³-hybridized carbons (Fsp3) is 0.300. The Labute approximate surface area is 114 Å². The molecule has 1 atom stereocenters. The van der Waals surface area contributed by atoms with Crippen molar-refractivity contribution in [3.63, 3.8) is 0 Å². The second-order valence-corrected chi connectivity index (χ2v) is 5.74. The van der Waals surface area contributed by atoms with Crippen molar-refractivity contribution in [3.05, 3.63) is 28.3 Å². The Morgan fingerprint density at radius 3 is 2.60 bits per heavy atom. The number of nitrogens with zero attached hydrogens (tertiary/aromatic N) is 1. The second kappa shape index (κ2) is 5.84. The van der Waals surface area contributed by atoms with Crippen LogP contribution in [0.4, 0.5) is 5.69 Å². The molecular weight excluding hydrogens is 292 g/mol. The highest BCUT2D eigenvalue weighted by Gasteiger charge is 2.23. The molecule has 0 radical (unpaired) electrons. The summed E-state index contributed by atoms with van der Waals surface area (Å²) in [5.74, 6) is -1.84. The highest BCUT2D eigenvalue weighted by molar-refractivity contribution is 7.89. The van der Waals surface area contributed by atoms with Gasteiger partial charge in [0, 0.05) is 12.1 Å². The van der Waals surface area contributed by atoms with Crippen molar-refractivity contribution in [1.29, 1.82) is 0 Å². The number of carbonyl (C=O) groups is 1. The number of carboxylic acids is 1. The van der Waals surface area contributed by atoms with Gasteiger partial charge in [0.1, 0.15) is 0 Å². The molecule has 20 heavy (non-hydrogen) atoms. The van der Waals surface area contributed by atoms with Gasteiger partial charge < -0.3 is 10.2 Å². The molecule has 0 aromatic heterocycles. The van der Waals surface area contributed by atoms with E-state index in [2.05, 4.69) is 4.72 Å². The third-order valence-electron chi connectivity index (χ3n) is 2.29. The molecule has 0 amide bonds. The molecule has 1 unspecified atom stereocenters. The second-order valence-electron chi connectivity index (χ2n) is 4.03. The lowest BCUT2D eigenvalue weighted by molar-refractivity contribution is -0.386. The zero-order chi connectivity index (χ0) is 15.5. The van der Waals surface area contributed by atoms with Crippen LogP contribution >= 0.6 is 0 Å². The van der Waals surface area contributed by atoms with Crippen molar-refractivity contribution in [1.82, 2.24) is 4.72 Å².